The molecule has 5 nitrogen and oxygen atoms in total. The minimum Gasteiger partial charge on any atom is -0.508 e. The normalized spacial score (nSPS) is 25.0. The molecule has 0 heterocycles. The average Bonchev–Trinajstić information content (AvgIpc) is 2.69. The minimum atomic E-state index is -2.07. The van der Waals surface area contributed by atoms with Crippen molar-refractivity contribution in [1.82, 2.24) is 0 Å². The molecule has 1 aliphatic rings. The summed E-state index contributed by atoms with van der Waals surface area (Å²) < 4.78 is 0. The second kappa shape index (κ2) is 9.14. The Labute approximate surface area is 157 Å². The molecule has 0 aliphatic heterocycles. The number of allylic oxidation sites excluding steroid dienone is 1. The lowest BCUT2D eigenvalue weighted by atomic mass is 9.78. The van der Waals surface area contributed by atoms with Gasteiger partial charge in [-0.05, 0) is 37.0 Å². The molecule has 0 aromatic heterocycles. The first kappa shape index (κ1) is 22.8. The van der Waals surface area contributed by atoms with Crippen LogP contribution in [0.15, 0.2) is 11.3 Å². The van der Waals surface area contributed by atoms with Crippen molar-refractivity contribution in [2.24, 2.45) is 23.7 Å². The van der Waals surface area contributed by atoms with Crippen molar-refractivity contribution in [1.29, 1.82) is 0 Å². The molecular formula is C21H36O5. The van der Waals surface area contributed by atoms with E-state index >= 15 is 0 Å². The number of carbonyl (C=O) groups is 2. The predicted octanol–water partition coefficient (Wildman–Crippen LogP) is 3.58. The van der Waals surface area contributed by atoms with Gasteiger partial charge in [-0.3, -0.25) is 9.59 Å². The fourth-order valence-electron chi connectivity index (χ4n) is 3.55. The molecule has 0 aromatic rings. The van der Waals surface area contributed by atoms with Gasteiger partial charge in [-0.1, -0.05) is 48.0 Å². The first-order valence-corrected chi connectivity index (χ1v) is 9.84. The van der Waals surface area contributed by atoms with Crippen LogP contribution in [0.4, 0.5) is 0 Å². The van der Waals surface area contributed by atoms with Crippen molar-refractivity contribution < 1.29 is 24.9 Å². The Balaban J connectivity index is 3.24. The van der Waals surface area contributed by atoms with Crippen molar-refractivity contribution in [3.8, 4) is 0 Å². The highest BCUT2D eigenvalue weighted by atomic mass is 16.4. The fourth-order valence-corrected chi connectivity index (χ4v) is 3.55. The van der Waals surface area contributed by atoms with E-state index in [2.05, 4.69) is 0 Å². The smallest absolute Gasteiger partial charge is 0.176 e. The first-order chi connectivity index (χ1) is 11.9. The summed E-state index contributed by atoms with van der Waals surface area (Å²) in [6.45, 7) is 11.7. The third-order valence-electron chi connectivity index (χ3n) is 5.14. The highest BCUT2D eigenvalue weighted by molar-refractivity contribution is 6.23. The summed E-state index contributed by atoms with van der Waals surface area (Å²) in [4.78, 5) is 25.4. The van der Waals surface area contributed by atoms with Gasteiger partial charge in [0.25, 0.3) is 0 Å². The number of hydrogen-bond acceptors (Lipinski definition) is 5. The molecule has 1 aliphatic carbocycles. The van der Waals surface area contributed by atoms with E-state index in [0.717, 1.165) is 0 Å². The lowest BCUT2D eigenvalue weighted by Gasteiger charge is -2.34. The molecule has 150 valence electrons. The van der Waals surface area contributed by atoms with Crippen LogP contribution in [-0.4, -0.2) is 38.6 Å². The van der Waals surface area contributed by atoms with Crippen molar-refractivity contribution in [2.75, 3.05) is 0 Å². The largest absolute Gasteiger partial charge is 0.508 e. The predicted molar refractivity (Wildman–Crippen MR) is 102 cm³/mol. The van der Waals surface area contributed by atoms with Crippen LogP contribution >= 0.6 is 0 Å². The zero-order chi connectivity index (χ0) is 20.2. The van der Waals surface area contributed by atoms with Crippen molar-refractivity contribution in [3.63, 3.8) is 0 Å². The van der Waals surface area contributed by atoms with E-state index in [4.69, 9.17) is 0 Å². The molecule has 1 rings (SSSR count). The van der Waals surface area contributed by atoms with Crippen LogP contribution in [0.1, 0.15) is 73.6 Å². The maximum atomic E-state index is 12.9. The molecule has 0 bridgehead atoms. The van der Waals surface area contributed by atoms with Crippen LogP contribution in [0.25, 0.3) is 0 Å². The monoisotopic (exact) mass is 368 g/mol. The van der Waals surface area contributed by atoms with E-state index in [1.165, 1.54) is 0 Å². The lowest BCUT2D eigenvalue weighted by molar-refractivity contribution is -0.137. The average molecular weight is 369 g/mol. The second-order valence-electron chi connectivity index (χ2n) is 8.95. The van der Waals surface area contributed by atoms with Gasteiger partial charge in [0.1, 0.15) is 11.3 Å². The van der Waals surface area contributed by atoms with Gasteiger partial charge in [0.2, 0.25) is 0 Å². The molecule has 1 unspecified atom stereocenters. The second-order valence-corrected chi connectivity index (χ2v) is 8.95. The van der Waals surface area contributed by atoms with Gasteiger partial charge in [-0.15, -0.1) is 0 Å². The molecule has 3 atom stereocenters. The zero-order valence-electron chi connectivity index (χ0n) is 17.1. The Bertz CT molecular complexity index is 547. The van der Waals surface area contributed by atoms with Gasteiger partial charge in [0.15, 0.2) is 17.2 Å². The molecule has 0 amide bonds. The van der Waals surface area contributed by atoms with Gasteiger partial charge in [-0.2, -0.15) is 0 Å². The highest BCUT2D eigenvalue weighted by Gasteiger charge is 2.58. The molecule has 0 radical (unpaired) electrons. The summed E-state index contributed by atoms with van der Waals surface area (Å²) >= 11 is 0. The van der Waals surface area contributed by atoms with Crippen LogP contribution in [-0.2, 0) is 9.59 Å². The van der Waals surface area contributed by atoms with Gasteiger partial charge in [0, 0.05) is 6.42 Å². The van der Waals surface area contributed by atoms with Crippen LogP contribution in [0.3, 0.4) is 0 Å². The number of rotatable bonds is 10. The molecule has 0 saturated carbocycles. The van der Waals surface area contributed by atoms with E-state index in [0.29, 0.717) is 31.1 Å². The van der Waals surface area contributed by atoms with Crippen molar-refractivity contribution >= 4 is 11.6 Å². The van der Waals surface area contributed by atoms with Crippen LogP contribution in [0.2, 0.25) is 0 Å². The van der Waals surface area contributed by atoms with Gasteiger partial charge < -0.3 is 15.3 Å². The number of hydrogen-bond donors (Lipinski definition) is 3. The highest BCUT2D eigenvalue weighted by Crippen LogP contribution is 2.44. The Morgan fingerprint density at radius 2 is 1.54 bits per heavy atom. The molecule has 0 fully saturated rings. The molecule has 5 heteroatoms. The summed E-state index contributed by atoms with van der Waals surface area (Å²) in [7, 11) is 0. The van der Waals surface area contributed by atoms with E-state index in [-0.39, 0.29) is 24.3 Å². The Hall–Kier alpha value is -1.20. The summed E-state index contributed by atoms with van der Waals surface area (Å²) in [5.74, 6) is -1.94. The van der Waals surface area contributed by atoms with Crippen LogP contribution < -0.4 is 0 Å². The molecule has 0 aromatic carbocycles. The third kappa shape index (κ3) is 4.95. The zero-order valence-corrected chi connectivity index (χ0v) is 17.1. The molecular weight excluding hydrogens is 332 g/mol. The van der Waals surface area contributed by atoms with Crippen LogP contribution in [0.5, 0.6) is 0 Å². The van der Waals surface area contributed by atoms with Gasteiger partial charge in [0.05, 0.1) is 12.0 Å². The quantitative estimate of drug-likeness (QED) is 0.512. The lowest BCUT2D eigenvalue weighted by Crippen LogP contribution is -2.49. The number of Topliss-reactive ketones (excluding diaryl/α,β-unsaturated/α-hetero) is 2. The maximum Gasteiger partial charge on any atom is 0.176 e. The van der Waals surface area contributed by atoms with E-state index in [1.807, 2.05) is 41.5 Å². The van der Waals surface area contributed by atoms with Crippen LogP contribution in [0, 0.1) is 23.7 Å². The molecule has 26 heavy (non-hydrogen) atoms. The van der Waals surface area contributed by atoms with Crippen molar-refractivity contribution in [2.45, 2.75) is 85.4 Å². The topological polar surface area (TPSA) is 94.8 Å². The first-order valence-electron chi connectivity index (χ1n) is 9.84. The third-order valence-corrected chi connectivity index (χ3v) is 5.14. The maximum absolute atomic E-state index is 12.9. The van der Waals surface area contributed by atoms with Gasteiger partial charge >= 0.3 is 0 Å². The summed E-state index contributed by atoms with van der Waals surface area (Å²) in [6, 6.07) is 0. The standard InChI is InChI=1S/C21H36O5/c1-12(2)7-9-15-19(24)18(16(22)11-14(5)6)20(25)21(15,26)17(23)10-8-13(3)4/h12-15,17,23,25-26H,7-11H2,1-6H3/t15-,17?,21-/m1/s1. The fraction of sp³-hybridized carbons (Fsp3) is 0.810. The Morgan fingerprint density at radius 1 is 1.00 bits per heavy atom. The minimum absolute atomic E-state index is 0.0317. The van der Waals surface area contributed by atoms with Crippen molar-refractivity contribution in [3.05, 3.63) is 11.3 Å². The summed E-state index contributed by atoms with van der Waals surface area (Å²) in [5, 5.41) is 32.5. The van der Waals surface area contributed by atoms with E-state index in [1.54, 1.807) is 0 Å². The summed E-state index contributed by atoms with van der Waals surface area (Å²) in [5.41, 5.74) is -2.37. The molecule has 0 spiro atoms. The molecule has 0 saturated heterocycles. The Morgan fingerprint density at radius 3 is 2.00 bits per heavy atom. The van der Waals surface area contributed by atoms with E-state index in [9.17, 15) is 24.9 Å². The van der Waals surface area contributed by atoms with E-state index < -0.39 is 34.9 Å². The summed E-state index contributed by atoms with van der Waals surface area (Å²) in [6.07, 6.45) is 0.741. The Kier molecular flexibility index (Phi) is 8.03. The number of aliphatic hydroxyl groups excluding tert-OH is 2. The number of carbonyl (C=O) groups excluding carboxylic acids is 2. The molecule has 3 N–H and O–H groups in total. The van der Waals surface area contributed by atoms with Gasteiger partial charge in [-0.25, -0.2) is 0 Å². The SMILES string of the molecule is CC(C)CCC(O)[C@@]1(O)C(O)=C(C(=O)CC(C)C)C(=O)[C@H]1CCC(C)C. The number of ketones is 2. The number of aliphatic hydroxyl groups is 3.